The van der Waals surface area contributed by atoms with Crippen molar-refractivity contribution in [3.05, 3.63) is 0 Å². The van der Waals surface area contributed by atoms with Gasteiger partial charge in [-0.25, -0.2) is 0 Å². The Kier molecular flexibility index (Phi) is 3.83. The topological polar surface area (TPSA) is 32.7 Å². The van der Waals surface area contributed by atoms with E-state index in [-0.39, 0.29) is 6.61 Å². The third-order valence-corrected chi connectivity index (χ3v) is 1.99. The minimum atomic E-state index is 0.132. The molecule has 3 nitrogen and oxygen atoms in total. The van der Waals surface area contributed by atoms with Gasteiger partial charge in [0.25, 0.3) is 0 Å². The van der Waals surface area contributed by atoms with Crippen molar-refractivity contribution in [3.8, 4) is 0 Å². The van der Waals surface area contributed by atoms with Crippen LogP contribution in [-0.4, -0.2) is 49.5 Å². The van der Waals surface area contributed by atoms with Crippen LogP contribution < -0.4 is 0 Å². The Bertz CT molecular complexity index is 104. The predicted octanol–water partition coefficient (Wildman–Crippen LogP) is 0.0895. The second-order valence-electron chi connectivity index (χ2n) is 3.05. The molecule has 0 radical (unpaired) electrons. The molecule has 0 spiro atoms. The van der Waals surface area contributed by atoms with E-state index in [0.29, 0.717) is 6.61 Å². The number of hydrogen-bond acceptors (Lipinski definition) is 3. The lowest BCUT2D eigenvalue weighted by Crippen LogP contribution is -2.25. The first kappa shape index (κ1) is 8.97. The standard InChI is InChI=1S/C8H17NO2/c1-9(8-2-3-8)4-6-11-7-5-10/h8,10H,2-7H2,1H3. The number of aliphatic hydroxyl groups excluding tert-OH is 1. The van der Waals surface area contributed by atoms with Crippen LogP contribution in [0.4, 0.5) is 0 Å². The summed E-state index contributed by atoms with van der Waals surface area (Å²) in [5.41, 5.74) is 0. The van der Waals surface area contributed by atoms with E-state index >= 15 is 0 Å². The minimum Gasteiger partial charge on any atom is -0.394 e. The average molecular weight is 159 g/mol. The molecule has 66 valence electrons. The van der Waals surface area contributed by atoms with Crippen LogP contribution >= 0.6 is 0 Å². The lowest BCUT2D eigenvalue weighted by molar-refractivity contribution is 0.0772. The van der Waals surface area contributed by atoms with Gasteiger partial charge in [-0.15, -0.1) is 0 Å². The highest BCUT2D eigenvalue weighted by Crippen LogP contribution is 2.24. The predicted molar refractivity (Wildman–Crippen MR) is 43.6 cm³/mol. The van der Waals surface area contributed by atoms with Crippen LogP contribution in [0, 0.1) is 0 Å². The number of hydrogen-bond donors (Lipinski definition) is 1. The smallest absolute Gasteiger partial charge is 0.0698 e. The Morgan fingerprint density at radius 1 is 1.45 bits per heavy atom. The van der Waals surface area contributed by atoms with E-state index in [1.54, 1.807) is 0 Å². The lowest BCUT2D eigenvalue weighted by Gasteiger charge is -2.14. The normalized spacial score (nSPS) is 17.7. The first-order valence-electron chi connectivity index (χ1n) is 4.23. The summed E-state index contributed by atoms with van der Waals surface area (Å²) in [4.78, 5) is 2.32. The average Bonchev–Trinajstić information content (AvgIpc) is 2.79. The molecule has 0 bridgehead atoms. The van der Waals surface area contributed by atoms with E-state index in [4.69, 9.17) is 9.84 Å². The van der Waals surface area contributed by atoms with E-state index in [0.717, 1.165) is 19.2 Å². The highest BCUT2D eigenvalue weighted by atomic mass is 16.5. The van der Waals surface area contributed by atoms with Crippen LogP contribution in [-0.2, 0) is 4.74 Å². The fraction of sp³-hybridized carbons (Fsp3) is 1.00. The summed E-state index contributed by atoms with van der Waals surface area (Å²) in [5, 5.41) is 8.41. The maximum absolute atomic E-state index is 8.41. The monoisotopic (exact) mass is 159 g/mol. The molecule has 1 aliphatic carbocycles. The molecule has 3 heteroatoms. The molecule has 0 heterocycles. The Labute approximate surface area is 68.0 Å². The van der Waals surface area contributed by atoms with Crippen LogP contribution in [0.25, 0.3) is 0 Å². The second-order valence-corrected chi connectivity index (χ2v) is 3.05. The van der Waals surface area contributed by atoms with Gasteiger partial charge < -0.3 is 14.7 Å². The maximum Gasteiger partial charge on any atom is 0.0698 e. The van der Waals surface area contributed by atoms with Crippen molar-refractivity contribution in [1.29, 1.82) is 0 Å². The quantitative estimate of drug-likeness (QED) is 0.557. The maximum atomic E-state index is 8.41. The van der Waals surface area contributed by atoms with Crippen LogP contribution in [0.1, 0.15) is 12.8 Å². The third kappa shape index (κ3) is 3.70. The summed E-state index contributed by atoms with van der Waals surface area (Å²) in [6, 6.07) is 0.813. The molecule has 0 saturated heterocycles. The zero-order chi connectivity index (χ0) is 8.10. The van der Waals surface area contributed by atoms with Gasteiger partial charge in [-0.1, -0.05) is 0 Å². The second kappa shape index (κ2) is 4.70. The zero-order valence-corrected chi connectivity index (χ0v) is 7.12. The summed E-state index contributed by atoms with van der Waals surface area (Å²) < 4.78 is 5.14. The van der Waals surface area contributed by atoms with Crippen LogP contribution in [0.2, 0.25) is 0 Å². The van der Waals surface area contributed by atoms with Gasteiger partial charge in [0.15, 0.2) is 0 Å². The Balaban J connectivity index is 1.85. The van der Waals surface area contributed by atoms with Crippen molar-refractivity contribution < 1.29 is 9.84 Å². The summed E-state index contributed by atoms with van der Waals surface area (Å²) in [5.74, 6) is 0. The van der Waals surface area contributed by atoms with Crippen molar-refractivity contribution >= 4 is 0 Å². The fourth-order valence-corrected chi connectivity index (χ4v) is 1.07. The lowest BCUT2D eigenvalue weighted by atomic mass is 10.5. The fourth-order valence-electron chi connectivity index (χ4n) is 1.07. The molecule has 1 aliphatic rings. The molecular weight excluding hydrogens is 142 g/mol. The molecular formula is C8H17NO2. The van der Waals surface area contributed by atoms with E-state index in [9.17, 15) is 0 Å². The van der Waals surface area contributed by atoms with Gasteiger partial charge >= 0.3 is 0 Å². The van der Waals surface area contributed by atoms with Crippen molar-refractivity contribution in [2.24, 2.45) is 0 Å². The minimum absolute atomic E-state index is 0.132. The van der Waals surface area contributed by atoms with Crippen molar-refractivity contribution in [1.82, 2.24) is 4.90 Å². The Morgan fingerprint density at radius 2 is 2.18 bits per heavy atom. The molecule has 1 fully saturated rings. The van der Waals surface area contributed by atoms with Gasteiger partial charge in [0.2, 0.25) is 0 Å². The highest BCUT2D eigenvalue weighted by Gasteiger charge is 2.25. The number of rotatable bonds is 6. The SMILES string of the molecule is CN(CCOCCO)C1CC1. The molecule has 0 aromatic heterocycles. The van der Waals surface area contributed by atoms with Crippen LogP contribution in [0.3, 0.4) is 0 Å². The van der Waals surface area contributed by atoms with Gasteiger partial charge in [0, 0.05) is 12.6 Å². The van der Waals surface area contributed by atoms with Crippen molar-refractivity contribution in [2.75, 3.05) is 33.4 Å². The van der Waals surface area contributed by atoms with E-state index < -0.39 is 0 Å². The molecule has 1 rings (SSSR count). The number of ether oxygens (including phenoxy) is 1. The highest BCUT2D eigenvalue weighted by molar-refractivity contribution is 4.81. The van der Waals surface area contributed by atoms with Crippen LogP contribution in [0.5, 0.6) is 0 Å². The number of aliphatic hydroxyl groups is 1. The van der Waals surface area contributed by atoms with Gasteiger partial charge in [0.05, 0.1) is 19.8 Å². The molecule has 1 saturated carbocycles. The van der Waals surface area contributed by atoms with E-state index in [1.165, 1.54) is 12.8 Å². The van der Waals surface area contributed by atoms with Gasteiger partial charge in [-0.05, 0) is 19.9 Å². The molecule has 1 N–H and O–H groups in total. The molecule has 0 amide bonds. The molecule has 11 heavy (non-hydrogen) atoms. The summed E-state index contributed by atoms with van der Waals surface area (Å²) in [7, 11) is 2.12. The van der Waals surface area contributed by atoms with Gasteiger partial charge in [0.1, 0.15) is 0 Å². The zero-order valence-electron chi connectivity index (χ0n) is 7.12. The molecule has 0 aliphatic heterocycles. The molecule has 0 aromatic rings. The summed E-state index contributed by atoms with van der Waals surface area (Å²) in [6.45, 7) is 2.34. The number of likely N-dealkylation sites (N-methyl/N-ethyl adjacent to an activating group) is 1. The number of nitrogens with zero attached hydrogens (tertiary/aromatic N) is 1. The first-order chi connectivity index (χ1) is 5.34. The van der Waals surface area contributed by atoms with E-state index in [2.05, 4.69) is 11.9 Å². The Morgan fingerprint density at radius 3 is 2.73 bits per heavy atom. The molecule has 0 aromatic carbocycles. The van der Waals surface area contributed by atoms with Gasteiger partial charge in [-0.3, -0.25) is 0 Å². The van der Waals surface area contributed by atoms with E-state index in [1.807, 2.05) is 0 Å². The van der Waals surface area contributed by atoms with Crippen LogP contribution in [0.15, 0.2) is 0 Å². The third-order valence-electron chi connectivity index (χ3n) is 1.99. The van der Waals surface area contributed by atoms with Gasteiger partial charge in [-0.2, -0.15) is 0 Å². The van der Waals surface area contributed by atoms with Crippen molar-refractivity contribution in [3.63, 3.8) is 0 Å². The van der Waals surface area contributed by atoms with Crippen molar-refractivity contribution in [2.45, 2.75) is 18.9 Å². The summed E-state index contributed by atoms with van der Waals surface area (Å²) >= 11 is 0. The Hall–Kier alpha value is -0.120. The molecule has 0 unspecified atom stereocenters. The largest absolute Gasteiger partial charge is 0.394 e. The molecule has 0 atom stereocenters. The summed E-state index contributed by atoms with van der Waals surface area (Å²) in [6.07, 6.45) is 2.69. The first-order valence-corrected chi connectivity index (χ1v) is 4.23.